The summed E-state index contributed by atoms with van der Waals surface area (Å²) in [4.78, 5) is 21.1. The van der Waals surface area contributed by atoms with E-state index in [1.807, 2.05) is 30.6 Å². The lowest BCUT2D eigenvalue weighted by Crippen LogP contribution is -2.38. The zero-order valence-electron chi connectivity index (χ0n) is 19.5. The highest BCUT2D eigenvalue weighted by Crippen LogP contribution is 2.44. The Bertz CT molecular complexity index is 1310. The molecular weight excluding hydrogens is 510 g/mol. The van der Waals surface area contributed by atoms with Gasteiger partial charge in [0.15, 0.2) is 5.65 Å². The van der Waals surface area contributed by atoms with Crippen molar-refractivity contribution >= 4 is 45.3 Å². The van der Waals surface area contributed by atoms with Crippen LogP contribution in [-0.2, 0) is 9.53 Å². The van der Waals surface area contributed by atoms with Gasteiger partial charge in [-0.3, -0.25) is 9.79 Å². The molecule has 1 saturated carbocycles. The van der Waals surface area contributed by atoms with E-state index in [1.165, 1.54) is 0 Å². The number of carboxylic acids is 1. The Hall–Kier alpha value is -3.04. The topological polar surface area (TPSA) is 115 Å². The number of carboxylic acid groups (broad SMARTS) is 1. The summed E-state index contributed by atoms with van der Waals surface area (Å²) >= 11 is 3.65. The van der Waals surface area contributed by atoms with Gasteiger partial charge in [0.25, 0.3) is 0 Å². The van der Waals surface area contributed by atoms with Gasteiger partial charge in [-0.05, 0) is 53.6 Å². The molecule has 1 aliphatic heterocycles. The van der Waals surface area contributed by atoms with E-state index < -0.39 is 11.6 Å². The van der Waals surface area contributed by atoms with Crippen LogP contribution in [0.15, 0.2) is 52.1 Å². The van der Waals surface area contributed by atoms with Crippen molar-refractivity contribution in [1.82, 2.24) is 14.6 Å². The lowest BCUT2D eigenvalue weighted by molar-refractivity contribution is -0.146. The van der Waals surface area contributed by atoms with Gasteiger partial charge in [0.2, 0.25) is 0 Å². The molecule has 1 aliphatic carbocycles. The first kappa shape index (κ1) is 23.7. The summed E-state index contributed by atoms with van der Waals surface area (Å²) in [5, 5.41) is 13.8. The van der Waals surface area contributed by atoms with E-state index in [1.54, 1.807) is 11.6 Å². The third-order valence-corrected chi connectivity index (χ3v) is 8.11. The largest absolute Gasteiger partial charge is 0.481 e. The number of halogens is 1. The number of nitrogens with zero attached hydrogens (tertiary/aromatic N) is 4. The van der Waals surface area contributed by atoms with Gasteiger partial charge < -0.3 is 15.6 Å². The number of hydrogen-bond acceptors (Lipinski definition) is 6. The molecule has 0 radical (unpaired) electrons. The van der Waals surface area contributed by atoms with Crippen LogP contribution in [0.25, 0.3) is 11.3 Å². The zero-order chi connectivity index (χ0) is 24.6. The van der Waals surface area contributed by atoms with Crippen LogP contribution in [0.4, 0.5) is 5.82 Å². The predicted octanol–water partition coefficient (Wildman–Crippen LogP) is 5.19. The molecule has 2 aromatic heterocycles. The van der Waals surface area contributed by atoms with Crippen LogP contribution >= 0.6 is 15.9 Å². The number of methoxy groups -OCH3 is 1. The maximum absolute atomic E-state index is 11.3. The molecule has 3 heterocycles. The highest BCUT2D eigenvalue weighted by Gasteiger charge is 2.39. The number of rotatable bonds is 6. The quantitative estimate of drug-likeness (QED) is 0.447. The van der Waals surface area contributed by atoms with Crippen molar-refractivity contribution in [3.63, 3.8) is 0 Å². The number of nitrogen functional groups attached to an aromatic ring is 1. The molecule has 182 valence electrons. The number of aromatic nitrogens is 3. The van der Waals surface area contributed by atoms with E-state index in [9.17, 15) is 9.90 Å². The van der Waals surface area contributed by atoms with Crippen molar-refractivity contribution in [2.24, 2.45) is 4.99 Å². The maximum Gasteiger partial charge on any atom is 0.306 e. The first-order valence-corrected chi connectivity index (χ1v) is 12.6. The lowest BCUT2D eigenvalue weighted by atomic mass is 9.75. The summed E-state index contributed by atoms with van der Waals surface area (Å²) in [5.41, 5.74) is 10.6. The average Bonchev–Trinajstić information content (AvgIpc) is 3.31. The molecule has 0 spiro atoms. The van der Waals surface area contributed by atoms with Gasteiger partial charge in [-0.1, -0.05) is 36.4 Å². The van der Waals surface area contributed by atoms with Crippen LogP contribution < -0.4 is 5.73 Å². The first-order valence-electron chi connectivity index (χ1n) is 11.8. The Labute approximate surface area is 212 Å². The van der Waals surface area contributed by atoms with Crippen LogP contribution in [0.3, 0.4) is 0 Å². The van der Waals surface area contributed by atoms with E-state index in [-0.39, 0.29) is 18.3 Å². The second kappa shape index (κ2) is 9.54. The lowest BCUT2D eigenvalue weighted by Gasteiger charge is -2.38. The summed E-state index contributed by atoms with van der Waals surface area (Å²) < 4.78 is 8.08. The van der Waals surface area contributed by atoms with Gasteiger partial charge in [0.1, 0.15) is 5.82 Å². The highest BCUT2D eigenvalue weighted by molar-refractivity contribution is 9.10. The Morgan fingerprint density at radius 2 is 2.03 bits per heavy atom. The third kappa shape index (κ3) is 4.50. The molecule has 0 bridgehead atoms. The smallest absolute Gasteiger partial charge is 0.306 e. The second-order valence-electron chi connectivity index (χ2n) is 9.34. The monoisotopic (exact) mass is 537 g/mol. The average molecular weight is 538 g/mol. The van der Waals surface area contributed by atoms with E-state index in [0.29, 0.717) is 18.7 Å². The van der Waals surface area contributed by atoms with E-state index >= 15 is 0 Å². The molecule has 3 aromatic rings. The molecule has 2 aliphatic rings. The zero-order valence-corrected chi connectivity index (χ0v) is 21.1. The molecule has 1 aromatic carbocycles. The number of hydrogen-bond donors (Lipinski definition) is 2. The van der Waals surface area contributed by atoms with Crippen molar-refractivity contribution in [3.8, 4) is 0 Å². The van der Waals surface area contributed by atoms with Crippen LogP contribution in [0.5, 0.6) is 0 Å². The predicted molar refractivity (Wildman–Crippen MR) is 139 cm³/mol. The number of anilines is 1. The summed E-state index contributed by atoms with van der Waals surface area (Å²) in [6, 6.07) is 10.1. The van der Waals surface area contributed by atoms with Crippen molar-refractivity contribution in [1.29, 1.82) is 0 Å². The SMILES string of the molecule is COC1(CC(=O)O)CCC(c2nc3c(C4C=NC(c5ccccc5)=CC4)cnn3c(N)c2Br)CC1. The van der Waals surface area contributed by atoms with Crippen molar-refractivity contribution in [2.75, 3.05) is 12.8 Å². The number of aliphatic carboxylic acids is 1. The molecule has 5 rings (SSSR count). The van der Waals surface area contributed by atoms with Gasteiger partial charge in [-0.15, -0.1) is 0 Å². The van der Waals surface area contributed by atoms with E-state index in [0.717, 1.165) is 51.9 Å². The Balaban J connectivity index is 1.41. The molecule has 1 atom stereocenters. The number of ether oxygens (including phenoxy) is 1. The first-order chi connectivity index (χ1) is 16.9. The Morgan fingerprint density at radius 1 is 1.29 bits per heavy atom. The number of carbonyl (C=O) groups is 1. The maximum atomic E-state index is 11.3. The number of benzene rings is 1. The van der Waals surface area contributed by atoms with Crippen LogP contribution in [0.1, 0.15) is 67.2 Å². The second-order valence-corrected chi connectivity index (χ2v) is 10.1. The molecule has 0 amide bonds. The molecule has 1 fully saturated rings. The van der Waals surface area contributed by atoms with E-state index in [2.05, 4.69) is 39.2 Å². The Morgan fingerprint density at radius 3 is 2.66 bits per heavy atom. The van der Waals surface area contributed by atoms with Crippen LogP contribution in [-0.4, -0.2) is 44.6 Å². The fraction of sp³-hybridized carbons (Fsp3) is 0.385. The Kier molecular flexibility index (Phi) is 6.46. The van der Waals surface area contributed by atoms with Crippen molar-refractivity contribution in [2.45, 2.75) is 56.0 Å². The molecule has 1 unspecified atom stereocenters. The number of fused-ring (bicyclic) bond motifs is 1. The standard InChI is InChI=1S/C26H28BrN5O3/c1-35-26(13-21(33)34)11-9-17(10-12-26)23-22(27)24(28)32-25(31-23)19(15-30-32)18-7-8-20(29-14-18)16-5-3-2-4-6-16/h2-6,8,14-15,17-18H,7,9-13,28H2,1H3,(H,33,34). The summed E-state index contributed by atoms with van der Waals surface area (Å²) in [5.74, 6) is -0.110. The molecule has 0 saturated heterocycles. The summed E-state index contributed by atoms with van der Waals surface area (Å²) in [7, 11) is 1.60. The van der Waals surface area contributed by atoms with Gasteiger partial charge in [-0.25, -0.2) is 4.98 Å². The summed E-state index contributed by atoms with van der Waals surface area (Å²) in [6.07, 6.45) is 9.65. The van der Waals surface area contributed by atoms with Crippen molar-refractivity contribution in [3.05, 3.63) is 63.9 Å². The number of aliphatic imine (C=N–C) groups is 1. The molecule has 35 heavy (non-hydrogen) atoms. The van der Waals surface area contributed by atoms with Crippen LogP contribution in [0, 0.1) is 0 Å². The third-order valence-electron chi connectivity index (χ3n) is 7.29. The van der Waals surface area contributed by atoms with Crippen LogP contribution in [0.2, 0.25) is 0 Å². The fourth-order valence-corrected chi connectivity index (χ4v) is 5.82. The van der Waals surface area contributed by atoms with Gasteiger partial charge in [0.05, 0.1) is 34.1 Å². The molecule has 9 heteroatoms. The molecular formula is C26H28BrN5O3. The van der Waals surface area contributed by atoms with Gasteiger partial charge >= 0.3 is 5.97 Å². The minimum atomic E-state index is -0.835. The summed E-state index contributed by atoms with van der Waals surface area (Å²) in [6.45, 7) is 0. The van der Waals surface area contributed by atoms with Gasteiger partial charge in [-0.2, -0.15) is 9.61 Å². The minimum Gasteiger partial charge on any atom is -0.481 e. The molecule has 3 N–H and O–H groups in total. The van der Waals surface area contributed by atoms with Crippen molar-refractivity contribution < 1.29 is 14.6 Å². The number of nitrogens with two attached hydrogens (primary N) is 1. The highest BCUT2D eigenvalue weighted by atomic mass is 79.9. The van der Waals surface area contributed by atoms with E-state index in [4.69, 9.17) is 20.4 Å². The minimum absolute atomic E-state index is 0.0122. The number of allylic oxidation sites excluding steroid dienone is 1. The normalized spacial score (nSPS) is 24.5. The molecule has 8 nitrogen and oxygen atoms in total. The fourth-order valence-electron chi connectivity index (χ4n) is 5.24. The van der Waals surface area contributed by atoms with Gasteiger partial charge in [0, 0.05) is 30.7 Å².